The van der Waals surface area contributed by atoms with Crippen LogP contribution in [0.15, 0.2) is 18.2 Å². The molecule has 0 radical (unpaired) electrons. The standard InChI is InChI=1S/C11H13N5O3/c1-16-14-10(13-15-16)6-19-11(17)8-5-7(18-2)3-4-9(8)12/h3-5H,6,12H2,1-2H3. The lowest BCUT2D eigenvalue weighted by molar-refractivity contribution is 0.0463. The lowest BCUT2D eigenvalue weighted by atomic mass is 10.2. The second-order valence-corrected chi connectivity index (χ2v) is 3.72. The average Bonchev–Trinajstić information content (AvgIpc) is 2.82. The lowest BCUT2D eigenvalue weighted by Crippen LogP contribution is -2.09. The number of aromatic nitrogens is 4. The molecule has 0 unspecified atom stereocenters. The minimum Gasteiger partial charge on any atom is -0.497 e. The number of carbonyl (C=O) groups is 1. The minimum absolute atomic E-state index is 0.0661. The quantitative estimate of drug-likeness (QED) is 0.618. The number of nitrogens with zero attached hydrogens (tertiary/aromatic N) is 4. The van der Waals surface area contributed by atoms with E-state index in [1.165, 1.54) is 18.0 Å². The number of tetrazole rings is 1. The predicted molar refractivity (Wildman–Crippen MR) is 65.3 cm³/mol. The molecular weight excluding hydrogens is 250 g/mol. The number of nitrogen functional groups attached to an aromatic ring is 1. The van der Waals surface area contributed by atoms with Crippen molar-refractivity contribution in [2.75, 3.05) is 12.8 Å². The fourth-order valence-corrected chi connectivity index (χ4v) is 1.43. The van der Waals surface area contributed by atoms with E-state index in [1.807, 2.05) is 0 Å². The van der Waals surface area contributed by atoms with E-state index in [9.17, 15) is 4.79 Å². The van der Waals surface area contributed by atoms with E-state index in [0.717, 1.165) is 0 Å². The van der Waals surface area contributed by atoms with Gasteiger partial charge in [0.15, 0.2) is 6.61 Å². The van der Waals surface area contributed by atoms with E-state index >= 15 is 0 Å². The van der Waals surface area contributed by atoms with Crippen LogP contribution in [0.1, 0.15) is 16.2 Å². The first-order valence-corrected chi connectivity index (χ1v) is 5.43. The van der Waals surface area contributed by atoms with Crippen molar-refractivity contribution in [1.82, 2.24) is 20.2 Å². The summed E-state index contributed by atoms with van der Waals surface area (Å²) in [6, 6.07) is 4.76. The normalized spacial score (nSPS) is 10.2. The van der Waals surface area contributed by atoms with Crippen LogP contribution in [0.5, 0.6) is 5.75 Å². The molecule has 2 aromatic rings. The zero-order chi connectivity index (χ0) is 13.8. The molecular formula is C11H13N5O3. The van der Waals surface area contributed by atoms with Crippen molar-refractivity contribution in [3.8, 4) is 5.75 Å². The number of nitrogens with two attached hydrogens (primary N) is 1. The van der Waals surface area contributed by atoms with Gasteiger partial charge in [-0.1, -0.05) is 0 Å². The van der Waals surface area contributed by atoms with Gasteiger partial charge >= 0.3 is 5.97 Å². The molecule has 2 rings (SSSR count). The summed E-state index contributed by atoms with van der Waals surface area (Å²) in [6.07, 6.45) is 0. The number of carbonyl (C=O) groups excluding carboxylic acids is 1. The predicted octanol–water partition coefficient (Wildman–Crippen LogP) is 0.158. The highest BCUT2D eigenvalue weighted by Crippen LogP contribution is 2.20. The van der Waals surface area contributed by atoms with E-state index in [0.29, 0.717) is 17.3 Å². The third-order valence-corrected chi connectivity index (χ3v) is 2.36. The molecule has 0 saturated carbocycles. The molecule has 0 atom stereocenters. The Kier molecular flexibility index (Phi) is 3.60. The van der Waals surface area contributed by atoms with Crippen LogP contribution in [-0.4, -0.2) is 33.3 Å². The minimum atomic E-state index is -0.566. The zero-order valence-corrected chi connectivity index (χ0v) is 10.5. The highest BCUT2D eigenvalue weighted by atomic mass is 16.5. The maximum Gasteiger partial charge on any atom is 0.340 e. The Bertz CT molecular complexity index is 596. The molecule has 0 bridgehead atoms. The van der Waals surface area contributed by atoms with Crippen LogP contribution >= 0.6 is 0 Å². The summed E-state index contributed by atoms with van der Waals surface area (Å²) in [7, 11) is 3.13. The van der Waals surface area contributed by atoms with Gasteiger partial charge in [0.1, 0.15) is 5.75 Å². The summed E-state index contributed by atoms with van der Waals surface area (Å²) in [5, 5.41) is 11.2. The van der Waals surface area contributed by atoms with Gasteiger partial charge in [-0.05, 0) is 23.4 Å². The molecule has 8 nitrogen and oxygen atoms in total. The maximum absolute atomic E-state index is 11.9. The molecule has 0 aliphatic rings. The fraction of sp³-hybridized carbons (Fsp3) is 0.273. The highest BCUT2D eigenvalue weighted by Gasteiger charge is 2.14. The van der Waals surface area contributed by atoms with Gasteiger partial charge in [0.2, 0.25) is 5.82 Å². The molecule has 0 aliphatic carbocycles. The number of hydrogen-bond donors (Lipinski definition) is 1. The van der Waals surface area contributed by atoms with Crippen LogP contribution in [0.3, 0.4) is 0 Å². The average molecular weight is 263 g/mol. The van der Waals surface area contributed by atoms with Crippen LogP contribution in [0.4, 0.5) is 5.69 Å². The summed E-state index contributed by atoms with van der Waals surface area (Å²) in [4.78, 5) is 13.2. The van der Waals surface area contributed by atoms with Crippen LogP contribution in [0.25, 0.3) is 0 Å². The highest BCUT2D eigenvalue weighted by molar-refractivity contribution is 5.95. The van der Waals surface area contributed by atoms with Crippen molar-refractivity contribution in [2.45, 2.75) is 6.61 Å². The van der Waals surface area contributed by atoms with Gasteiger partial charge in [-0.2, -0.15) is 4.80 Å². The van der Waals surface area contributed by atoms with E-state index < -0.39 is 5.97 Å². The number of methoxy groups -OCH3 is 1. The van der Waals surface area contributed by atoms with Crippen LogP contribution in [0.2, 0.25) is 0 Å². The molecule has 0 fully saturated rings. The zero-order valence-electron chi connectivity index (χ0n) is 10.5. The van der Waals surface area contributed by atoms with Crippen LogP contribution in [0, 0.1) is 0 Å². The van der Waals surface area contributed by atoms with Gasteiger partial charge in [-0.3, -0.25) is 0 Å². The number of esters is 1. The number of hydrogen-bond acceptors (Lipinski definition) is 7. The first-order valence-electron chi connectivity index (χ1n) is 5.43. The van der Waals surface area contributed by atoms with E-state index in [4.69, 9.17) is 15.2 Å². The summed E-state index contributed by atoms with van der Waals surface area (Å²) in [6.45, 7) is -0.0661. The van der Waals surface area contributed by atoms with Crippen molar-refractivity contribution in [3.63, 3.8) is 0 Å². The smallest absolute Gasteiger partial charge is 0.340 e. The van der Waals surface area contributed by atoms with Crippen LogP contribution < -0.4 is 10.5 Å². The van der Waals surface area contributed by atoms with Gasteiger partial charge in [0, 0.05) is 5.69 Å². The molecule has 1 aromatic carbocycles. The van der Waals surface area contributed by atoms with Crippen molar-refractivity contribution >= 4 is 11.7 Å². The molecule has 19 heavy (non-hydrogen) atoms. The Labute approximate surface area is 109 Å². The first-order chi connectivity index (χ1) is 9.10. The summed E-state index contributed by atoms with van der Waals surface area (Å²) in [5.41, 5.74) is 6.27. The van der Waals surface area contributed by atoms with Crippen molar-refractivity contribution in [2.24, 2.45) is 7.05 Å². The summed E-state index contributed by atoms with van der Waals surface area (Å²) >= 11 is 0. The van der Waals surface area contributed by atoms with E-state index in [2.05, 4.69) is 15.4 Å². The van der Waals surface area contributed by atoms with Gasteiger partial charge < -0.3 is 15.2 Å². The second-order valence-electron chi connectivity index (χ2n) is 3.72. The van der Waals surface area contributed by atoms with Gasteiger partial charge in [0.25, 0.3) is 0 Å². The molecule has 0 saturated heterocycles. The molecule has 0 spiro atoms. The summed E-state index contributed by atoms with van der Waals surface area (Å²) in [5.74, 6) is 0.278. The maximum atomic E-state index is 11.9. The molecule has 0 aliphatic heterocycles. The number of benzene rings is 1. The molecule has 0 amide bonds. The Morgan fingerprint density at radius 3 is 2.89 bits per heavy atom. The Balaban J connectivity index is 2.07. The van der Waals surface area contributed by atoms with Crippen molar-refractivity contribution in [1.29, 1.82) is 0 Å². The van der Waals surface area contributed by atoms with E-state index in [-0.39, 0.29) is 12.2 Å². The van der Waals surface area contributed by atoms with Gasteiger partial charge in [-0.15, -0.1) is 10.2 Å². The molecule has 1 heterocycles. The molecule has 2 N–H and O–H groups in total. The number of aryl methyl sites for hydroxylation is 1. The van der Waals surface area contributed by atoms with E-state index in [1.54, 1.807) is 19.2 Å². The lowest BCUT2D eigenvalue weighted by Gasteiger charge is -2.07. The molecule has 8 heteroatoms. The number of anilines is 1. The molecule has 1 aromatic heterocycles. The SMILES string of the molecule is COc1ccc(N)c(C(=O)OCc2nnn(C)n2)c1. The topological polar surface area (TPSA) is 105 Å². The monoisotopic (exact) mass is 263 g/mol. The second kappa shape index (κ2) is 5.34. The number of rotatable bonds is 4. The summed E-state index contributed by atoms with van der Waals surface area (Å²) < 4.78 is 10.1. The van der Waals surface area contributed by atoms with Crippen molar-refractivity contribution in [3.05, 3.63) is 29.6 Å². The Morgan fingerprint density at radius 2 is 2.26 bits per heavy atom. The fourth-order valence-electron chi connectivity index (χ4n) is 1.43. The Hall–Kier alpha value is -2.64. The van der Waals surface area contributed by atoms with Gasteiger partial charge in [-0.25, -0.2) is 4.79 Å². The third-order valence-electron chi connectivity index (χ3n) is 2.36. The van der Waals surface area contributed by atoms with Crippen LogP contribution in [-0.2, 0) is 18.4 Å². The van der Waals surface area contributed by atoms with Crippen molar-refractivity contribution < 1.29 is 14.3 Å². The Morgan fingerprint density at radius 1 is 1.47 bits per heavy atom. The van der Waals surface area contributed by atoms with Gasteiger partial charge in [0.05, 0.1) is 19.7 Å². The largest absolute Gasteiger partial charge is 0.497 e. The first kappa shape index (κ1) is 12.8. The number of ether oxygens (including phenoxy) is 2. The third kappa shape index (κ3) is 2.97. The molecule has 100 valence electrons.